The highest BCUT2D eigenvalue weighted by Gasteiger charge is 2.75. The van der Waals surface area contributed by atoms with E-state index in [2.05, 4.69) is 20.9 Å². The number of halogens is 3. The van der Waals surface area contributed by atoms with Crippen molar-refractivity contribution in [2.45, 2.75) is 47.6 Å². The summed E-state index contributed by atoms with van der Waals surface area (Å²) in [5.41, 5.74) is -0.247. The lowest BCUT2D eigenvalue weighted by Gasteiger charge is -2.49. The molecule has 7 rings (SSSR count). The van der Waals surface area contributed by atoms with Gasteiger partial charge in [0.2, 0.25) is 0 Å². The van der Waals surface area contributed by atoms with E-state index in [1.54, 1.807) is 31.3 Å². The molecule has 0 radical (unpaired) electrons. The van der Waals surface area contributed by atoms with Crippen LogP contribution in [0.25, 0.3) is 11.0 Å². The number of methoxy groups -OCH3 is 3. The lowest BCUT2D eigenvalue weighted by Crippen LogP contribution is -2.59. The molecule has 4 atom stereocenters. The molecule has 1 aliphatic carbocycles. The maximum Gasteiger partial charge on any atom is 0.347 e. The van der Waals surface area contributed by atoms with Crippen LogP contribution < -0.4 is 31.1 Å². The van der Waals surface area contributed by atoms with Crippen molar-refractivity contribution in [1.29, 1.82) is 0 Å². The third-order valence-electron chi connectivity index (χ3n) is 10.2. The second kappa shape index (κ2) is 12.0. The van der Waals surface area contributed by atoms with Crippen LogP contribution in [0, 0.1) is 0 Å². The number of alkyl halides is 2. The number of aromatic nitrogens is 5. The monoisotopic (exact) mass is 804 g/mol. The topological polar surface area (TPSA) is 169 Å². The molecule has 2 aromatic heterocycles. The minimum atomic E-state index is -2.12. The zero-order chi connectivity index (χ0) is 36.9. The van der Waals surface area contributed by atoms with Gasteiger partial charge in [0.1, 0.15) is 5.69 Å². The molecule has 4 unspecified atom stereocenters. The van der Waals surface area contributed by atoms with Gasteiger partial charge in [0.05, 0.1) is 44.9 Å². The van der Waals surface area contributed by atoms with E-state index < -0.39 is 50.5 Å². The first-order valence-electron chi connectivity index (χ1n) is 15.6. The fraction of sp³-hybridized carbons (Fsp3) is 0.394. The summed E-state index contributed by atoms with van der Waals surface area (Å²) < 4.78 is 21.4. The molecule has 0 bridgehead atoms. The SMILES string of the molecule is COc1cc2nc(CCn3c(=O)n4n(c3=O)C3CC5(Cl)C(=O)N(C)C(=O)C5(Cl)C(c5cc(Br)cc(OC)c5O)C3=CC4)c(=O)n(C)c2cc1OC. The van der Waals surface area contributed by atoms with Crippen molar-refractivity contribution in [2.75, 3.05) is 28.4 Å². The summed E-state index contributed by atoms with van der Waals surface area (Å²) in [5.74, 6) is -2.24. The van der Waals surface area contributed by atoms with Gasteiger partial charge in [-0.2, -0.15) is 0 Å². The van der Waals surface area contributed by atoms with Crippen molar-refractivity contribution in [1.82, 2.24) is 28.4 Å². The van der Waals surface area contributed by atoms with Crippen molar-refractivity contribution in [3.8, 4) is 23.0 Å². The number of hydrogen-bond acceptors (Lipinski definition) is 10. The number of imide groups is 1. The molecule has 18 heteroatoms. The predicted octanol–water partition coefficient (Wildman–Crippen LogP) is 2.42. The third-order valence-corrected chi connectivity index (χ3v) is 12.1. The molecule has 268 valence electrons. The molecule has 4 aromatic rings. The molecule has 1 saturated heterocycles. The Kier molecular flexibility index (Phi) is 8.22. The lowest BCUT2D eigenvalue weighted by atomic mass is 9.64. The van der Waals surface area contributed by atoms with Gasteiger partial charge in [0.25, 0.3) is 17.4 Å². The third kappa shape index (κ3) is 4.68. The number of carbonyl (C=O) groups is 2. The lowest BCUT2D eigenvalue weighted by molar-refractivity contribution is -0.137. The summed E-state index contributed by atoms with van der Waals surface area (Å²) in [4.78, 5) is 70.1. The molecule has 0 spiro atoms. The Morgan fingerprint density at radius 2 is 1.61 bits per heavy atom. The zero-order valence-corrected chi connectivity index (χ0v) is 31.0. The molecule has 2 fully saturated rings. The van der Waals surface area contributed by atoms with E-state index in [0.717, 1.165) is 9.47 Å². The van der Waals surface area contributed by atoms with Gasteiger partial charge < -0.3 is 23.9 Å². The van der Waals surface area contributed by atoms with Gasteiger partial charge in [-0.3, -0.25) is 19.3 Å². The van der Waals surface area contributed by atoms with E-state index >= 15 is 0 Å². The number of allylic oxidation sites excluding steroid dienone is 2. The van der Waals surface area contributed by atoms with E-state index in [0.29, 0.717) is 32.6 Å². The Morgan fingerprint density at radius 3 is 2.27 bits per heavy atom. The molecule has 2 aromatic carbocycles. The Labute approximate surface area is 307 Å². The van der Waals surface area contributed by atoms with Crippen LogP contribution in [0.15, 0.2) is 54.8 Å². The number of rotatable bonds is 7. The highest BCUT2D eigenvalue weighted by Crippen LogP contribution is 2.64. The Balaban J connectivity index is 1.33. The van der Waals surface area contributed by atoms with E-state index in [4.69, 9.17) is 37.4 Å². The molecular weight excluding hydrogens is 775 g/mol. The number of ether oxygens (including phenoxy) is 3. The van der Waals surface area contributed by atoms with Gasteiger partial charge in [0, 0.05) is 61.6 Å². The summed E-state index contributed by atoms with van der Waals surface area (Å²) >= 11 is 17.8. The summed E-state index contributed by atoms with van der Waals surface area (Å²) in [6, 6.07) is 5.30. The van der Waals surface area contributed by atoms with Gasteiger partial charge in [-0.05, 0) is 17.7 Å². The number of carbonyl (C=O) groups excluding carboxylic acids is 2. The quantitative estimate of drug-likeness (QED) is 0.166. The predicted molar refractivity (Wildman–Crippen MR) is 189 cm³/mol. The Bertz CT molecular complexity index is 2420. The molecular formula is C33H31BrCl2N6O9. The van der Waals surface area contributed by atoms with E-state index in [1.165, 1.54) is 48.4 Å². The number of likely N-dealkylation sites (tertiary alicyclic amines) is 1. The molecule has 1 saturated carbocycles. The van der Waals surface area contributed by atoms with Crippen LogP contribution in [0.2, 0.25) is 0 Å². The average molecular weight is 806 g/mol. The van der Waals surface area contributed by atoms with Gasteiger partial charge >= 0.3 is 11.4 Å². The maximum absolute atomic E-state index is 14.2. The second-order valence-corrected chi connectivity index (χ2v) is 14.8. The van der Waals surface area contributed by atoms with E-state index in [1.807, 2.05) is 0 Å². The van der Waals surface area contributed by atoms with Crippen LogP contribution in [0.5, 0.6) is 23.0 Å². The van der Waals surface area contributed by atoms with Crippen molar-refractivity contribution >= 4 is 62.0 Å². The normalized spacial score (nSPS) is 23.9. The molecule has 51 heavy (non-hydrogen) atoms. The first-order valence-corrected chi connectivity index (χ1v) is 17.2. The molecule has 4 heterocycles. The minimum Gasteiger partial charge on any atom is -0.504 e. The summed E-state index contributed by atoms with van der Waals surface area (Å²) in [5, 5.41) is 11.4. The molecule has 2 aliphatic heterocycles. The van der Waals surface area contributed by atoms with Gasteiger partial charge in [-0.25, -0.2) is 28.5 Å². The second-order valence-electron chi connectivity index (χ2n) is 12.6. The number of fused-ring (bicyclic) bond motifs is 5. The number of phenols is 1. The smallest absolute Gasteiger partial charge is 0.347 e. The Hall–Kier alpha value is -4.54. The number of phenolic OH excluding ortho intramolecular Hbond substituents is 1. The van der Waals surface area contributed by atoms with Crippen LogP contribution in [0.1, 0.15) is 29.6 Å². The molecule has 1 N–H and O–H groups in total. The highest BCUT2D eigenvalue weighted by molar-refractivity contribution is 9.10. The molecule has 3 aliphatic rings. The van der Waals surface area contributed by atoms with E-state index in [-0.39, 0.29) is 48.7 Å². The van der Waals surface area contributed by atoms with Crippen LogP contribution in [-0.2, 0) is 36.1 Å². The number of amides is 2. The van der Waals surface area contributed by atoms with Crippen molar-refractivity contribution < 1.29 is 28.9 Å². The number of hydrogen-bond donors (Lipinski definition) is 1. The number of benzene rings is 2. The number of aromatic hydroxyl groups is 1. The van der Waals surface area contributed by atoms with Crippen molar-refractivity contribution in [2.24, 2.45) is 7.05 Å². The average Bonchev–Trinajstić information content (AvgIpc) is 3.43. The molecule has 2 amide bonds. The fourth-order valence-corrected chi connectivity index (χ4v) is 9.10. The maximum atomic E-state index is 14.2. The molecule has 15 nitrogen and oxygen atoms in total. The highest BCUT2D eigenvalue weighted by atomic mass is 79.9. The van der Waals surface area contributed by atoms with Gasteiger partial charge in [0.15, 0.2) is 32.7 Å². The van der Waals surface area contributed by atoms with Gasteiger partial charge in [-0.1, -0.05) is 22.0 Å². The van der Waals surface area contributed by atoms with Crippen LogP contribution in [0.3, 0.4) is 0 Å². The van der Waals surface area contributed by atoms with Crippen LogP contribution in [-0.4, -0.2) is 83.4 Å². The fourth-order valence-electron chi connectivity index (χ4n) is 7.65. The first-order chi connectivity index (χ1) is 24.1. The number of nitrogens with zero attached hydrogens (tertiary/aromatic N) is 6. The minimum absolute atomic E-state index is 0.0646. The van der Waals surface area contributed by atoms with Crippen molar-refractivity contribution in [3.05, 3.63) is 83.0 Å². The zero-order valence-electron chi connectivity index (χ0n) is 27.9. The number of aryl methyl sites for hydroxylation is 2. The Morgan fingerprint density at radius 1 is 0.941 bits per heavy atom. The summed E-state index contributed by atoms with van der Waals surface area (Å²) in [6.45, 7) is -0.306. The van der Waals surface area contributed by atoms with Crippen LogP contribution in [0.4, 0.5) is 0 Å². The van der Waals surface area contributed by atoms with Crippen molar-refractivity contribution in [3.63, 3.8) is 0 Å². The first kappa shape index (κ1) is 34.9. The summed E-state index contributed by atoms with van der Waals surface area (Å²) in [6.07, 6.45) is 1.27. The van der Waals surface area contributed by atoms with Gasteiger partial charge in [-0.15, -0.1) is 23.2 Å². The van der Waals surface area contributed by atoms with E-state index in [9.17, 15) is 29.1 Å². The summed E-state index contributed by atoms with van der Waals surface area (Å²) in [7, 11) is 7.16. The van der Waals surface area contributed by atoms with Crippen LogP contribution >= 0.6 is 39.1 Å². The largest absolute Gasteiger partial charge is 0.504 e. The standard InChI is InChI=1S/C33H31BrCl2N6O9/c1-38-20-13-23(50-4)22(49-3)12-19(20)37-18(27(38)44)7-8-40-30(47)41-9-6-16-21(42(41)31(40)48)14-32(35)28(45)39(2)29(46)33(32,36)25(16)17-10-15(34)11-24(51-5)26(17)43/h6,10-13,21,25,43H,7-9,14H2,1-5H3.